The van der Waals surface area contributed by atoms with Crippen molar-refractivity contribution in [3.05, 3.63) is 95.6 Å². The fourth-order valence-electron chi connectivity index (χ4n) is 9.57. The number of phenolic OH excluding ortho intramolecular Hbond substituents is 2. The third kappa shape index (κ3) is 21.9. The molecule has 4 rings (SSSR count). The fourth-order valence-corrected chi connectivity index (χ4v) is 9.57. The number of carbonyl (C=O) groups is 10. The van der Waals surface area contributed by atoms with E-state index >= 15 is 0 Å². The van der Waals surface area contributed by atoms with Gasteiger partial charge in [-0.25, -0.2) is 4.79 Å². The average Bonchev–Trinajstić information content (AvgIpc) is 3.85. The monoisotopic (exact) mass is 1170 g/mol. The van der Waals surface area contributed by atoms with Gasteiger partial charge in [0.1, 0.15) is 59.8 Å². The minimum absolute atomic E-state index is 0.0505. The number of amides is 8. The van der Waals surface area contributed by atoms with Gasteiger partial charge in [-0.2, -0.15) is 0 Å². The molecule has 1 aliphatic heterocycles. The molecule has 0 aliphatic carbocycles. The lowest BCUT2D eigenvalue weighted by atomic mass is 9.97. The van der Waals surface area contributed by atoms with Gasteiger partial charge in [-0.1, -0.05) is 95.1 Å². The van der Waals surface area contributed by atoms with Crippen LogP contribution in [0.15, 0.2) is 78.9 Å². The van der Waals surface area contributed by atoms with E-state index in [0.29, 0.717) is 55.3 Å². The highest BCUT2D eigenvalue weighted by atomic mass is 16.4. The molecule has 10 atom stereocenters. The van der Waals surface area contributed by atoms with E-state index in [0.717, 1.165) is 0 Å². The Hall–Kier alpha value is -8.16. The zero-order valence-electron chi connectivity index (χ0n) is 48.2. The Labute approximate surface area is 489 Å². The van der Waals surface area contributed by atoms with Crippen LogP contribution in [-0.4, -0.2) is 159 Å². The van der Waals surface area contributed by atoms with Crippen LogP contribution in [0.25, 0.3) is 0 Å². The number of nitrogens with two attached hydrogens (primary N) is 3. The molecule has 0 unspecified atom stereocenters. The van der Waals surface area contributed by atoms with Crippen LogP contribution in [-0.2, 0) is 67.2 Å². The van der Waals surface area contributed by atoms with Crippen molar-refractivity contribution >= 4 is 59.2 Å². The number of carboxylic acid groups (broad SMARTS) is 2. The van der Waals surface area contributed by atoms with E-state index in [4.69, 9.17) is 17.2 Å². The number of rotatable bonds is 35. The maximum absolute atomic E-state index is 14.9. The van der Waals surface area contributed by atoms with Gasteiger partial charge in [0.25, 0.3) is 0 Å². The van der Waals surface area contributed by atoms with Crippen LogP contribution in [0.3, 0.4) is 0 Å². The molecular weight excluding hydrogens is 1090 g/mol. The van der Waals surface area contributed by atoms with Crippen LogP contribution < -0.4 is 54.4 Å². The summed E-state index contributed by atoms with van der Waals surface area (Å²) in [5, 5.41) is 58.3. The van der Waals surface area contributed by atoms with Gasteiger partial charge in [0.05, 0.1) is 12.5 Å². The summed E-state index contributed by atoms with van der Waals surface area (Å²) >= 11 is 0. The largest absolute Gasteiger partial charge is 0.508 e. The standard InChI is InChI=1S/C59H85N11O14/c1-5-35(4)50(59(83)84)69-57(81)49(34(2)3)68-56(80)47-18-13-29-70(47)58(82)46(32-36-14-7-6-8-15-36)67-54(78)44(31-38-21-25-40(72)26-22-38)65-55(79)45(33-48(73)74)66-52(76)42(17-10-12-28-61)63-53(77)43(30-37-19-23-39(71)24-20-37)64-51(75)41(62)16-9-11-27-60/h6-8,14-15,19-26,34-35,41-47,49-50,71-72H,5,9-13,16-18,27-33,60-62H2,1-4H3,(H,63,77)(H,64,75)(H,65,79)(H,66,76)(H,67,78)(H,68,80)(H,69,81)(H,73,74)(H,83,84)/t35-,41-,42-,43-,44-,45-,46-,47-,49-,50-/m0/s1. The number of aromatic hydroxyl groups is 2. The molecule has 0 saturated carbocycles. The van der Waals surface area contributed by atoms with Crippen molar-refractivity contribution < 1.29 is 68.4 Å². The summed E-state index contributed by atoms with van der Waals surface area (Å²) in [6.07, 6.45) is 1.46. The molecule has 1 fully saturated rings. The van der Waals surface area contributed by atoms with Crippen molar-refractivity contribution in [2.45, 2.75) is 166 Å². The Morgan fingerprint density at radius 1 is 0.548 bits per heavy atom. The lowest BCUT2D eigenvalue weighted by Gasteiger charge is -2.32. The molecule has 0 bridgehead atoms. The lowest BCUT2D eigenvalue weighted by molar-refractivity contribution is -0.145. The maximum Gasteiger partial charge on any atom is 0.326 e. The first-order valence-corrected chi connectivity index (χ1v) is 28.6. The molecule has 3 aromatic carbocycles. The average molecular weight is 1170 g/mol. The Balaban J connectivity index is 1.65. The minimum Gasteiger partial charge on any atom is -0.508 e. The molecule has 3 aromatic rings. The summed E-state index contributed by atoms with van der Waals surface area (Å²) in [5.41, 5.74) is 19.1. The van der Waals surface area contributed by atoms with Gasteiger partial charge in [0.2, 0.25) is 47.3 Å². The summed E-state index contributed by atoms with van der Waals surface area (Å²) in [4.78, 5) is 140. The van der Waals surface area contributed by atoms with E-state index in [-0.39, 0.29) is 69.5 Å². The molecule has 0 radical (unpaired) electrons. The highest BCUT2D eigenvalue weighted by Gasteiger charge is 2.41. The van der Waals surface area contributed by atoms with Crippen LogP contribution in [0.4, 0.5) is 0 Å². The summed E-state index contributed by atoms with van der Waals surface area (Å²) in [7, 11) is 0. The SMILES string of the molecule is CC[C@H](C)[C@H](NC(=O)[C@@H](NC(=O)[C@@H]1CCCN1C(=O)[C@H](Cc1ccccc1)NC(=O)[C@H](Cc1ccc(O)cc1)NC(=O)[C@H](CC(=O)O)NC(=O)[C@H](CCCCN)NC(=O)[C@H](Cc1ccc(O)cc1)NC(=O)[C@@H](N)CCCCN)C(C)C)C(=O)O. The number of hydrogen-bond donors (Lipinski definition) is 14. The number of carbonyl (C=O) groups excluding carboxylic acids is 8. The van der Waals surface area contributed by atoms with E-state index in [1.807, 2.05) is 0 Å². The molecule has 0 spiro atoms. The third-order valence-electron chi connectivity index (χ3n) is 14.7. The molecule has 8 amide bonds. The van der Waals surface area contributed by atoms with E-state index in [9.17, 15) is 68.4 Å². The van der Waals surface area contributed by atoms with Crippen LogP contribution in [0, 0.1) is 11.8 Å². The van der Waals surface area contributed by atoms with Gasteiger partial charge in [-0.05, 0) is 111 Å². The van der Waals surface area contributed by atoms with E-state index < -0.39 is 132 Å². The summed E-state index contributed by atoms with van der Waals surface area (Å²) in [5.74, 6) is -10.6. The molecule has 17 N–H and O–H groups in total. The Morgan fingerprint density at radius 3 is 1.52 bits per heavy atom. The molecule has 1 aliphatic rings. The normalized spacial score (nSPS) is 16.2. The van der Waals surface area contributed by atoms with Gasteiger partial charge in [0, 0.05) is 25.8 Å². The number of phenols is 2. The van der Waals surface area contributed by atoms with Crippen LogP contribution >= 0.6 is 0 Å². The van der Waals surface area contributed by atoms with Crippen molar-refractivity contribution in [1.82, 2.24) is 42.1 Å². The minimum atomic E-state index is -1.88. The second-order valence-corrected chi connectivity index (χ2v) is 21.6. The number of unbranched alkanes of at least 4 members (excludes halogenated alkanes) is 2. The predicted molar refractivity (Wildman–Crippen MR) is 310 cm³/mol. The first-order valence-electron chi connectivity index (χ1n) is 28.6. The second-order valence-electron chi connectivity index (χ2n) is 21.6. The van der Waals surface area contributed by atoms with Gasteiger partial charge in [-0.15, -0.1) is 0 Å². The van der Waals surface area contributed by atoms with Gasteiger partial charge in [-0.3, -0.25) is 43.2 Å². The van der Waals surface area contributed by atoms with Gasteiger partial charge in [0.15, 0.2) is 0 Å². The molecule has 84 heavy (non-hydrogen) atoms. The number of hydrogen-bond acceptors (Lipinski definition) is 15. The first-order chi connectivity index (χ1) is 40.0. The van der Waals surface area contributed by atoms with Crippen molar-refractivity contribution in [3.8, 4) is 11.5 Å². The number of nitrogens with zero attached hydrogens (tertiary/aromatic N) is 1. The molecular formula is C59H85N11O14. The predicted octanol–water partition coefficient (Wildman–Crippen LogP) is 0.357. The Kier molecular flexibility index (Phi) is 28.0. The van der Waals surface area contributed by atoms with Crippen molar-refractivity contribution in [2.75, 3.05) is 19.6 Å². The zero-order chi connectivity index (χ0) is 62.0. The van der Waals surface area contributed by atoms with Crippen LogP contribution in [0.1, 0.15) is 109 Å². The Morgan fingerprint density at radius 2 is 1.01 bits per heavy atom. The number of nitrogens with one attached hydrogen (secondary N) is 7. The molecule has 25 heteroatoms. The smallest absolute Gasteiger partial charge is 0.326 e. The highest BCUT2D eigenvalue weighted by Crippen LogP contribution is 2.22. The summed E-state index contributed by atoms with van der Waals surface area (Å²) < 4.78 is 0. The quantitative estimate of drug-likeness (QED) is 0.0354. The number of aliphatic carboxylic acids is 2. The topological polar surface area (TPSA) is 417 Å². The van der Waals surface area contributed by atoms with E-state index in [2.05, 4.69) is 37.2 Å². The fraction of sp³-hybridized carbons (Fsp3) is 0.525. The summed E-state index contributed by atoms with van der Waals surface area (Å²) in [6.45, 7) is 7.46. The summed E-state index contributed by atoms with van der Waals surface area (Å²) in [6, 6.07) is 7.88. The zero-order valence-corrected chi connectivity index (χ0v) is 48.2. The number of likely N-dealkylation sites (tertiary alicyclic amines) is 1. The number of carboxylic acids is 2. The van der Waals surface area contributed by atoms with Crippen molar-refractivity contribution in [2.24, 2.45) is 29.0 Å². The van der Waals surface area contributed by atoms with Gasteiger partial charge >= 0.3 is 11.9 Å². The third-order valence-corrected chi connectivity index (χ3v) is 14.7. The first kappa shape index (κ1) is 68.3. The van der Waals surface area contributed by atoms with Crippen LogP contribution in [0.5, 0.6) is 11.5 Å². The molecule has 0 aromatic heterocycles. The van der Waals surface area contributed by atoms with Crippen LogP contribution in [0.2, 0.25) is 0 Å². The maximum atomic E-state index is 14.9. The van der Waals surface area contributed by atoms with Gasteiger partial charge < -0.3 is 79.7 Å². The molecule has 460 valence electrons. The highest BCUT2D eigenvalue weighted by molar-refractivity contribution is 5.99. The van der Waals surface area contributed by atoms with Crippen molar-refractivity contribution in [1.29, 1.82) is 0 Å². The molecule has 25 nitrogen and oxygen atoms in total. The molecule has 1 heterocycles. The van der Waals surface area contributed by atoms with Crippen molar-refractivity contribution in [3.63, 3.8) is 0 Å². The molecule has 1 saturated heterocycles. The second kappa shape index (κ2) is 34.4. The lowest BCUT2D eigenvalue weighted by Crippen LogP contribution is -2.61. The van der Waals surface area contributed by atoms with E-state index in [1.165, 1.54) is 53.4 Å². The van der Waals surface area contributed by atoms with E-state index in [1.54, 1.807) is 58.0 Å². The number of benzene rings is 3. The Bertz CT molecular complexity index is 2680.